The molecule has 0 aromatic carbocycles. The fourth-order valence-corrected chi connectivity index (χ4v) is 0.256. The van der Waals surface area contributed by atoms with Crippen molar-refractivity contribution in [2.75, 3.05) is 32.8 Å². The second-order valence-electron chi connectivity index (χ2n) is 1.65. The van der Waals surface area contributed by atoms with E-state index >= 15 is 0 Å². The molecule has 6 N–H and O–H groups in total. The van der Waals surface area contributed by atoms with Gasteiger partial charge in [-0.3, -0.25) is 0 Å². The highest BCUT2D eigenvalue weighted by atomic mass is 16.3. The first-order valence-electron chi connectivity index (χ1n) is 3.55. The standard InChI is InChI=1S/C4H11NO.C2H8N2/c1-2-5-3-4-6;3-1-2-4/h5-6H,2-4H2,1H3;1-4H2. The van der Waals surface area contributed by atoms with Gasteiger partial charge in [-0.15, -0.1) is 0 Å². The van der Waals surface area contributed by atoms with Crippen molar-refractivity contribution in [1.82, 2.24) is 5.32 Å². The Kier molecular flexibility index (Phi) is 19.9. The molecule has 0 aliphatic carbocycles. The molecule has 10 heavy (non-hydrogen) atoms. The van der Waals surface area contributed by atoms with Crippen molar-refractivity contribution in [3.05, 3.63) is 0 Å². The smallest absolute Gasteiger partial charge is 0.0555 e. The molecule has 4 nitrogen and oxygen atoms in total. The Morgan fingerprint density at radius 3 is 1.90 bits per heavy atom. The highest BCUT2D eigenvalue weighted by Gasteiger charge is 1.72. The van der Waals surface area contributed by atoms with Crippen molar-refractivity contribution in [2.45, 2.75) is 6.92 Å². The summed E-state index contributed by atoms with van der Waals surface area (Å²) in [6.45, 7) is 5.11. The van der Waals surface area contributed by atoms with Crippen LogP contribution in [0.15, 0.2) is 0 Å². The molecule has 0 atom stereocenters. The third-order valence-electron chi connectivity index (χ3n) is 0.705. The van der Waals surface area contributed by atoms with Crippen LogP contribution in [0.25, 0.3) is 0 Å². The van der Waals surface area contributed by atoms with E-state index in [2.05, 4.69) is 5.32 Å². The molecule has 0 saturated carbocycles. The zero-order chi connectivity index (χ0) is 8.24. The van der Waals surface area contributed by atoms with E-state index < -0.39 is 0 Å². The average molecular weight is 149 g/mol. The number of nitrogens with one attached hydrogen (secondary N) is 1. The highest BCUT2D eigenvalue weighted by Crippen LogP contribution is 1.51. The van der Waals surface area contributed by atoms with Crippen LogP contribution in [0.3, 0.4) is 0 Å². The fourth-order valence-electron chi connectivity index (χ4n) is 0.256. The summed E-state index contributed by atoms with van der Waals surface area (Å²) in [7, 11) is 0. The number of rotatable bonds is 4. The van der Waals surface area contributed by atoms with Gasteiger partial charge in [-0.1, -0.05) is 6.92 Å². The van der Waals surface area contributed by atoms with E-state index in [9.17, 15) is 0 Å². The molecule has 0 fully saturated rings. The molecule has 4 heteroatoms. The Morgan fingerprint density at radius 1 is 1.30 bits per heavy atom. The van der Waals surface area contributed by atoms with Crippen LogP contribution in [0.1, 0.15) is 6.92 Å². The largest absolute Gasteiger partial charge is 0.395 e. The van der Waals surface area contributed by atoms with E-state index in [1.807, 2.05) is 6.92 Å². The predicted octanol–water partition coefficient (Wildman–Crippen LogP) is -1.51. The van der Waals surface area contributed by atoms with Crippen molar-refractivity contribution in [1.29, 1.82) is 0 Å². The van der Waals surface area contributed by atoms with Crippen LogP contribution in [0.2, 0.25) is 0 Å². The van der Waals surface area contributed by atoms with E-state index in [1.54, 1.807) is 0 Å². The van der Waals surface area contributed by atoms with E-state index in [0.29, 0.717) is 13.1 Å². The van der Waals surface area contributed by atoms with E-state index in [1.165, 1.54) is 0 Å². The van der Waals surface area contributed by atoms with Crippen LogP contribution >= 0.6 is 0 Å². The molecule has 0 rings (SSSR count). The average Bonchev–Trinajstić information content (AvgIpc) is 2.01. The second kappa shape index (κ2) is 15.9. The van der Waals surface area contributed by atoms with Crippen LogP contribution < -0.4 is 16.8 Å². The zero-order valence-electron chi connectivity index (χ0n) is 6.64. The van der Waals surface area contributed by atoms with Crippen LogP contribution in [0.4, 0.5) is 0 Å². The molecule has 0 aromatic heterocycles. The highest BCUT2D eigenvalue weighted by molar-refractivity contribution is 4.35. The summed E-state index contributed by atoms with van der Waals surface area (Å²) in [6.07, 6.45) is 0. The maximum Gasteiger partial charge on any atom is 0.0555 e. The van der Waals surface area contributed by atoms with Crippen LogP contribution in [-0.4, -0.2) is 37.9 Å². The van der Waals surface area contributed by atoms with Crippen LogP contribution in [0, 0.1) is 0 Å². The van der Waals surface area contributed by atoms with Crippen molar-refractivity contribution in [2.24, 2.45) is 11.5 Å². The molecule has 0 aliphatic rings. The summed E-state index contributed by atoms with van der Waals surface area (Å²) < 4.78 is 0. The first kappa shape index (κ1) is 12.5. The van der Waals surface area contributed by atoms with Gasteiger partial charge >= 0.3 is 0 Å². The molecule has 0 spiro atoms. The van der Waals surface area contributed by atoms with Crippen LogP contribution in [0.5, 0.6) is 0 Å². The lowest BCUT2D eigenvalue weighted by Gasteiger charge is -1.91. The summed E-state index contributed by atoms with van der Waals surface area (Å²) in [5, 5.41) is 11.1. The van der Waals surface area contributed by atoms with E-state index in [4.69, 9.17) is 16.6 Å². The number of aliphatic hydroxyl groups excluding tert-OH is 1. The molecule has 0 radical (unpaired) electrons. The minimum atomic E-state index is 0.244. The van der Waals surface area contributed by atoms with Crippen molar-refractivity contribution in [3.8, 4) is 0 Å². The zero-order valence-corrected chi connectivity index (χ0v) is 6.64. The first-order chi connectivity index (χ1) is 4.83. The SMILES string of the molecule is CCNCCO.NCCN. The molecule has 0 unspecified atom stereocenters. The molecule has 64 valence electrons. The van der Waals surface area contributed by atoms with Gasteiger partial charge in [0.15, 0.2) is 0 Å². The Balaban J connectivity index is 0. The number of likely N-dealkylation sites (N-methyl/N-ethyl adjacent to an activating group) is 1. The normalized spacial score (nSPS) is 8.40. The summed E-state index contributed by atoms with van der Waals surface area (Å²) >= 11 is 0. The van der Waals surface area contributed by atoms with Crippen molar-refractivity contribution in [3.63, 3.8) is 0 Å². The molecule has 0 bridgehead atoms. The van der Waals surface area contributed by atoms with Gasteiger partial charge in [-0.25, -0.2) is 0 Å². The summed E-state index contributed by atoms with van der Waals surface area (Å²) in [6, 6.07) is 0. The van der Waals surface area contributed by atoms with Gasteiger partial charge in [-0.2, -0.15) is 0 Å². The Hall–Kier alpha value is -0.160. The molecular weight excluding hydrogens is 130 g/mol. The minimum absolute atomic E-state index is 0.244. The molecular formula is C6H19N3O. The quantitative estimate of drug-likeness (QED) is 0.366. The Morgan fingerprint density at radius 2 is 1.80 bits per heavy atom. The van der Waals surface area contributed by atoms with Gasteiger partial charge in [0, 0.05) is 19.6 Å². The maximum absolute atomic E-state index is 8.13. The third kappa shape index (κ3) is 24.9. The summed E-state index contributed by atoms with van der Waals surface area (Å²) in [5.74, 6) is 0. The van der Waals surface area contributed by atoms with Gasteiger partial charge in [-0.05, 0) is 6.54 Å². The number of nitrogens with two attached hydrogens (primary N) is 2. The summed E-state index contributed by atoms with van der Waals surface area (Å²) in [4.78, 5) is 0. The first-order valence-corrected chi connectivity index (χ1v) is 3.55. The van der Waals surface area contributed by atoms with Crippen molar-refractivity contribution < 1.29 is 5.11 Å². The maximum atomic E-state index is 8.13. The molecule has 0 aliphatic heterocycles. The fraction of sp³-hybridized carbons (Fsp3) is 1.00. The van der Waals surface area contributed by atoms with E-state index in [0.717, 1.165) is 13.1 Å². The summed E-state index contributed by atoms with van der Waals surface area (Å²) in [5.41, 5.74) is 9.81. The number of aliphatic hydroxyl groups is 1. The van der Waals surface area contributed by atoms with Gasteiger partial charge in [0.05, 0.1) is 6.61 Å². The molecule has 0 saturated heterocycles. The lowest BCUT2D eigenvalue weighted by Crippen LogP contribution is -2.16. The Bertz CT molecular complexity index is 38.0. The minimum Gasteiger partial charge on any atom is -0.395 e. The monoisotopic (exact) mass is 149 g/mol. The van der Waals surface area contributed by atoms with Gasteiger partial charge in [0.1, 0.15) is 0 Å². The van der Waals surface area contributed by atoms with Gasteiger partial charge in [0.2, 0.25) is 0 Å². The molecule has 0 amide bonds. The lowest BCUT2D eigenvalue weighted by atomic mass is 10.6. The van der Waals surface area contributed by atoms with Gasteiger partial charge in [0.25, 0.3) is 0 Å². The van der Waals surface area contributed by atoms with E-state index in [-0.39, 0.29) is 6.61 Å². The third-order valence-corrected chi connectivity index (χ3v) is 0.705. The van der Waals surface area contributed by atoms with Crippen molar-refractivity contribution >= 4 is 0 Å². The Labute approximate surface area is 62.6 Å². The molecule has 0 heterocycles. The van der Waals surface area contributed by atoms with Crippen LogP contribution in [-0.2, 0) is 0 Å². The van der Waals surface area contributed by atoms with Gasteiger partial charge < -0.3 is 21.9 Å². The second-order valence-corrected chi connectivity index (χ2v) is 1.65. The number of hydrogen-bond acceptors (Lipinski definition) is 4. The topological polar surface area (TPSA) is 84.3 Å². The predicted molar refractivity (Wildman–Crippen MR) is 43.7 cm³/mol. The lowest BCUT2D eigenvalue weighted by molar-refractivity contribution is 0.293. The number of hydrogen-bond donors (Lipinski definition) is 4. The molecule has 0 aromatic rings.